The van der Waals surface area contributed by atoms with Crippen molar-refractivity contribution in [3.63, 3.8) is 0 Å². The molecular formula is C26H28ClF3N4O4. The molecule has 1 fully saturated rings. The maximum absolute atomic E-state index is 13.2. The molecule has 0 bridgehead atoms. The molecule has 1 saturated heterocycles. The Labute approximate surface area is 222 Å². The van der Waals surface area contributed by atoms with Crippen LogP contribution in [0.2, 0.25) is 5.02 Å². The molecule has 2 aromatic carbocycles. The number of nitrogens with one attached hydrogen (secondary N) is 1. The van der Waals surface area contributed by atoms with Gasteiger partial charge in [-0.1, -0.05) is 41.9 Å². The van der Waals surface area contributed by atoms with Gasteiger partial charge in [0.1, 0.15) is 0 Å². The fraction of sp³-hybridized carbons (Fsp3) is 0.385. The van der Waals surface area contributed by atoms with Crippen LogP contribution in [0.25, 0.3) is 10.8 Å². The summed E-state index contributed by atoms with van der Waals surface area (Å²) in [5.74, 6) is -2.72. The van der Waals surface area contributed by atoms with E-state index in [1.165, 1.54) is 0 Å². The predicted molar refractivity (Wildman–Crippen MR) is 137 cm³/mol. The second-order valence-electron chi connectivity index (χ2n) is 8.84. The van der Waals surface area contributed by atoms with Crippen molar-refractivity contribution in [3.8, 4) is 0 Å². The van der Waals surface area contributed by atoms with Crippen LogP contribution in [0.1, 0.15) is 30.5 Å². The van der Waals surface area contributed by atoms with Crippen molar-refractivity contribution in [3.05, 3.63) is 75.2 Å². The SMILES string of the molecule is CNC(=O)CCN1CCC[C@@H]1Cn1nc(Cc2ccc(Cl)cc2)c2ccccc2c1=O.O=C(O)C(F)(F)F. The van der Waals surface area contributed by atoms with E-state index in [0.29, 0.717) is 36.3 Å². The quantitative estimate of drug-likeness (QED) is 0.461. The molecule has 38 heavy (non-hydrogen) atoms. The molecule has 1 aliphatic heterocycles. The molecule has 4 rings (SSSR count). The van der Waals surface area contributed by atoms with Crippen molar-refractivity contribution in [1.29, 1.82) is 0 Å². The largest absolute Gasteiger partial charge is 0.490 e. The highest BCUT2D eigenvalue weighted by Gasteiger charge is 2.38. The maximum Gasteiger partial charge on any atom is 0.490 e. The number of rotatable bonds is 7. The number of hydrogen-bond acceptors (Lipinski definition) is 5. The van der Waals surface area contributed by atoms with Gasteiger partial charge >= 0.3 is 12.1 Å². The zero-order valence-corrected chi connectivity index (χ0v) is 21.4. The summed E-state index contributed by atoms with van der Waals surface area (Å²) in [6.07, 6.45) is -1.92. The van der Waals surface area contributed by atoms with E-state index in [0.717, 1.165) is 36.0 Å². The van der Waals surface area contributed by atoms with Crippen LogP contribution in [0.15, 0.2) is 53.3 Å². The Kier molecular flexibility index (Phi) is 9.87. The third kappa shape index (κ3) is 7.78. The number of amides is 1. The molecule has 1 aromatic heterocycles. The topological polar surface area (TPSA) is 105 Å². The summed E-state index contributed by atoms with van der Waals surface area (Å²) >= 11 is 6.03. The third-order valence-corrected chi connectivity index (χ3v) is 6.51. The molecule has 1 atom stereocenters. The van der Waals surface area contributed by atoms with Crippen molar-refractivity contribution in [1.82, 2.24) is 20.0 Å². The number of fused-ring (bicyclic) bond motifs is 1. The fourth-order valence-electron chi connectivity index (χ4n) is 4.32. The monoisotopic (exact) mass is 552 g/mol. The van der Waals surface area contributed by atoms with E-state index in [1.54, 1.807) is 11.7 Å². The van der Waals surface area contributed by atoms with E-state index in [4.69, 9.17) is 26.6 Å². The van der Waals surface area contributed by atoms with Gasteiger partial charge in [-0.3, -0.25) is 14.5 Å². The average molecular weight is 553 g/mol. The predicted octanol–water partition coefficient (Wildman–Crippen LogP) is 3.87. The van der Waals surface area contributed by atoms with E-state index >= 15 is 0 Å². The van der Waals surface area contributed by atoms with Crippen LogP contribution >= 0.6 is 11.6 Å². The summed E-state index contributed by atoms with van der Waals surface area (Å²) in [6.45, 7) is 2.18. The number of hydrogen-bond donors (Lipinski definition) is 2. The van der Waals surface area contributed by atoms with E-state index in [-0.39, 0.29) is 17.5 Å². The molecule has 3 aromatic rings. The van der Waals surface area contributed by atoms with Gasteiger partial charge in [0.05, 0.1) is 17.6 Å². The zero-order chi connectivity index (χ0) is 27.9. The smallest absolute Gasteiger partial charge is 0.475 e. The third-order valence-electron chi connectivity index (χ3n) is 6.26. The average Bonchev–Trinajstić information content (AvgIpc) is 3.33. The van der Waals surface area contributed by atoms with Crippen LogP contribution in [0, 0.1) is 0 Å². The van der Waals surface area contributed by atoms with E-state index in [1.807, 2.05) is 48.5 Å². The Morgan fingerprint density at radius 2 is 1.76 bits per heavy atom. The van der Waals surface area contributed by atoms with Crippen LogP contribution in [-0.4, -0.2) is 64.0 Å². The molecule has 2 heterocycles. The molecule has 0 saturated carbocycles. The van der Waals surface area contributed by atoms with Gasteiger partial charge in [-0.2, -0.15) is 18.3 Å². The summed E-state index contributed by atoms with van der Waals surface area (Å²) < 4.78 is 33.4. The first-order valence-electron chi connectivity index (χ1n) is 12.0. The van der Waals surface area contributed by atoms with E-state index in [2.05, 4.69) is 10.2 Å². The Hall–Kier alpha value is -3.44. The van der Waals surface area contributed by atoms with E-state index in [9.17, 15) is 22.8 Å². The lowest BCUT2D eigenvalue weighted by Crippen LogP contribution is -2.39. The second-order valence-corrected chi connectivity index (χ2v) is 9.28. The van der Waals surface area contributed by atoms with Gasteiger partial charge in [-0.25, -0.2) is 9.48 Å². The van der Waals surface area contributed by atoms with Gasteiger partial charge in [-0.15, -0.1) is 0 Å². The van der Waals surface area contributed by atoms with Gasteiger partial charge in [0.15, 0.2) is 0 Å². The van der Waals surface area contributed by atoms with Crippen molar-refractivity contribution >= 4 is 34.2 Å². The summed E-state index contributed by atoms with van der Waals surface area (Å²) in [6, 6.07) is 15.6. The number of aromatic nitrogens is 2. The molecule has 0 aliphatic carbocycles. The number of nitrogens with zero attached hydrogens (tertiary/aromatic N) is 3. The molecule has 1 amide bonds. The summed E-state index contributed by atoms with van der Waals surface area (Å²) in [4.78, 5) is 36.0. The first-order chi connectivity index (χ1) is 18.0. The van der Waals surface area contributed by atoms with Gasteiger partial charge in [0.25, 0.3) is 5.56 Å². The van der Waals surface area contributed by atoms with Crippen molar-refractivity contribution in [2.45, 2.75) is 44.4 Å². The molecule has 2 N–H and O–H groups in total. The number of carboxylic acid groups (broad SMARTS) is 1. The van der Waals surface area contributed by atoms with Crippen molar-refractivity contribution in [2.24, 2.45) is 0 Å². The summed E-state index contributed by atoms with van der Waals surface area (Å²) in [5, 5.41) is 16.9. The summed E-state index contributed by atoms with van der Waals surface area (Å²) in [5.41, 5.74) is 1.92. The number of benzene rings is 2. The number of carboxylic acids is 1. The Morgan fingerprint density at radius 1 is 1.13 bits per heavy atom. The molecule has 0 spiro atoms. The standard InChI is InChI=1S/C24H27ClN4O2.C2HF3O2/c1-26-23(30)12-14-28-13-4-5-19(28)16-29-24(31)21-7-3-2-6-20(21)22(27-29)15-17-8-10-18(25)11-9-17;3-2(4,5)1(6)7/h2-3,6-11,19H,4-5,12-16H2,1H3,(H,26,30);(H,6,7)/t19-;/m1./s1. The van der Waals surface area contributed by atoms with Crippen molar-refractivity contribution < 1.29 is 27.9 Å². The number of carbonyl (C=O) groups is 2. The van der Waals surface area contributed by atoms with Crippen LogP contribution in [-0.2, 0) is 22.6 Å². The highest BCUT2D eigenvalue weighted by atomic mass is 35.5. The Morgan fingerprint density at radius 3 is 2.37 bits per heavy atom. The normalized spacial score (nSPS) is 15.7. The van der Waals surface area contributed by atoms with Crippen LogP contribution < -0.4 is 10.9 Å². The summed E-state index contributed by atoms with van der Waals surface area (Å²) in [7, 11) is 1.66. The van der Waals surface area contributed by atoms with Crippen LogP contribution in [0.5, 0.6) is 0 Å². The maximum atomic E-state index is 13.2. The highest BCUT2D eigenvalue weighted by Crippen LogP contribution is 2.21. The first kappa shape index (κ1) is 29.1. The molecule has 204 valence electrons. The van der Waals surface area contributed by atoms with Gasteiger partial charge in [-0.05, 0) is 43.1 Å². The molecule has 0 unspecified atom stereocenters. The molecule has 0 radical (unpaired) electrons. The minimum atomic E-state index is -5.08. The lowest BCUT2D eigenvalue weighted by molar-refractivity contribution is -0.192. The molecule has 1 aliphatic rings. The Bertz CT molecular complexity index is 1330. The van der Waals surface area contributed by atoms with Crippen LogP contribution in [0.3, 0.4) is 0 Å². The van der Waals surface area contributed by atoms with Gasteiger partial charge in [0, 0.05) is 42.9 Å². The van der Waals surface area contributed by atoms with E-state index < -0.39 is 12.1 Å². The minimum Gasteiger partial charge on any atom is -0.475 e. The molecular weight excluding hydrogens is 525 g/mol. The molecule has 12 heteroatoms. The fourth-order valence-corrected chi connectivity index (χ4v) is 4.45. The number of likely N-dealkylation sites (tertiary alicyclic amines) is 1. The number of aliphatic carboxylic acids is 1. The Balaban J connectivity index is 0.000000505. The number of halogens is 4. The highest BCUT2D eigenvalue weighted by molar-refractivity contribution is 6.30. The zero-order valence-electron chi connectivity index (χ0n) is 20.7. The number of carbonyl (C=O) groups excluding carboxylic acids is 1. The van der Waals surface area contributed by atoms with Crippen LogP contribution in [0.4, 0.5) is 13.2 Å². The van der Waals surface area contributed by atoms with Gasteiger partial charge in [0.2, 0.25) is 5.91 Å². The lowest BCUT2D eigenvalue weighted by Gasteiger charge is -2.24. The lowest BCUT2D eigenvalue weighted by atomic mass is 10.0. The van der Waals surface area contributed by atoms with Crippen molar-refractivity contribution in [2.75, 3.05) is 20.1 Å². The first-order valence-corrected chi connectivity index (χ1v) is 12.3. The molecule has 8 nitrogen and oxygen atoms in total. The minimum absolute atomic E-state index is 0.0388. The van der Waals surface area contributed by atoms with Gasteiger partial charge < -0.3 is 10.4 Å². The number of alkyl halides is 3. The second kappa shape index (κ2) is 12.9.